The van der Waals surface area contributed by atoms with Crippen LogP contribution < -0.4 is 14.2 Å². The van der Waals surface area contributed by atoms with Crippen molar-refractivity contribution in [3.63, 3.8) is 0 Å². The molecule has 0 unspecified atom stereocenters. The van der Waals surface area contributed by atoms with E-state index < -0.39 is 39.9 Å². The van der Waals surface area contributed by atoms with Gasteiger partial charge in [-0.05, 0) is 18.9 Å². The number of nitrogens with zero attached hydrogens (tertiary/aromatic N) is 4. The first-order valence-electron chi connectivity index (χ1n) is 8.34. The zero-order chi connectivity index (χ0) is 20.8. The zero-order valence-electron chi connectivity index (χ0n) is 14.8. The molecule has 29 heavy (non-hydrogen) atoms. The van der Waals surface area contributed by atoms with Gasteiger partial charge in [0.25, 0.3) is 15.9 Å². The minimum atomic E-state index is -4.33. The van der Waals surface area contributed by atoms with Gasteiger partial charge >= 0.3 is 6.61 Å². The maximum absolute atomic E-state index is 14.2. The number of halogens is 3. The Morgan fingerprint density at radius 2 is 2.07 bits per heavy atom. The molecule has 1 aliphatic carbocycles. The van der Waals surface area contributed by atoms with E-state index >= 15 is 0 Å². The molecule has 0 amide bonds. The smallest absolute Gasteiger partial charge is 0.387 e. The first-order chi connectivity index (χ1) is 13.8. The summed E-state index contributed by atoms with van der Waals surface area (Å²) in [7, 11) is -3.25. The number of pyridine rings is 1. The van der Waals surface area contributed by atoms with Crippen LogP contribution in [-0.4, -0.2) is 41.5 Å². The highest BCUT2D eigenvalue weighted by Gasteiger charge is 2.28. The molecular weight excluding hydrogens is 415 g/mol. The Bertz CT molecular complexity index is 1180. The third kappa shape index (κ3) is 3.77. The largest absolute Gasteiger partial charge is 0.478 e. The van der Waals surface area contributed by atoms with Crippen molar-refractivity contribution in [1.82, 2.24) is 19.4 Å². The second-order valence-electron chi connectivity index (χ2n) is 6.20. The third-order valence-corrected chi connectivity index (χ3v) is 5.50. The Balaban J connectivity index is 1.67. The van der Waals surface area contributed by atoms with Crippen molar-refractivity contribution in [3.05, 3.63) is 36.0 Å². The lowest BCUT2D eigenvalue weighted by Gasteiger charge is -2.12. The van der Waals surface area contributed by atoms with Crippen LogP contribution in [0.3, 0.4) is 0 Å². The van der Waals surface area contributed by atoms with Crippen molar-refractivity contribution >= 4 is 21.6 Å². The molecule has 0 aliphatic heterocycles. The summed E-state index contributed by atoms with van der Waals surface area (Å²) in [5.41, 5.74) is 0.826. The van der Waals surface area contributed by atoms with Crippen molar-refractivity contribution in [2.75, 3.05) is 11.8 Å². The Kier molecular flexibility index (Phi) is 4.68. The number of fused-ring (bicyclic) bond motifs is 1. The van der Waals surface area contributed by atoms with Crippen molar-refractivity contribution in [3.8, 4) is 11.6 Å². The average molecular weight is 429 g/mol. The first kappa shape index (κ1) is 19.2. The SMILES string of the molecule is COc1nc(NS(=O)(=O)c2cnc3nc(C4CC4)ccn23)c(F)cc1OC(F)F. The number of methoxy groups -OCH3 is 1. The molecule has 0 bridgehead atoms. The van der Waals surface area contributed by atoms with Gasteiger partial charge in [0.05, 0.1) is 13.3 Å². The molecule has 1 aliphatic rings. The second kappa shape index (κ2) is 7.06. The molecule has 0 spiro atoms. The van der Waals surface area contributed by atoms with E-state index in [0.29, 0.717) is 12.0 Å². The summed E-state index contributed by atoms with van der Waals surface area (Å²) >= 11 is 0. The van der Waals surface area contributed by atoms with Gasteiger partial charge in [0, 0.05) is 23.9 Å². The van der Waals surface area contributed by atoms with Crippen LogP contribution in [0.15, 0.2) is 29.6 Å². The van der Waals surface area contributed by atoms with E-state index in [9.17, 15) is 21.6 Å². The Morgan fingerprint density at radius 1 is 1.31 bits per heavy atom. The number of alkyl halides is 2. The van der Waals surface area contributed by atoms with Crippen LogP contribution >= 0.6 is 0 Å². The quantitative estimate of drug-likeness (QED) is 0.615. The van der Waals surface area contributed by atoms with Crippen molar-refractivity contribution in [1.29, 1.82) is 0 Å². The number of anilines is 1. The van der Waals surface area contributed by atoms with Crippen LogP contribution in [0.2, 0.25) is 0 Å². The molecule has 13 heteroatoms. The maximum atomic E-state index is 14.2. The molecule has 3 heterocycles. The topological polar surface area (TPSA) is 108 Å². The van der Waals surface area contributed by atoms with Crippen LogP contribution in [0.25, 0.3) is 5.78 Å². The van der Waals surface area contributed by atoms with Gasteiger partial charge in [-0.15, -0.1) is 0 Å². The van der Waals surface area contributed by atoms with Gasteiger partial charge in [-0.25, -0.2) is 14.4 Å². The Morgan fingerprint density at radius 3 is 2.72 bits per heavy atom. The van der Waals surface area contributed by atoms with Crippen LogP contribution in [0.5, 0.6) is 11.6 Å². The standard InChI is InChI=1S/C16H14F3N5O4S/c1-27-14-11(28-15(18)19)6-9(17)13(22-14)23-29(25,26)12-7-20-16-21-10(8-2-3-8)4-5-24(12)16/h4-8,15H,2-3H2,1H3,(H,22,23). The van der Waals surface area contributed by atoms with Gasteiger partial charge in [0.1, 0.15) is 0 Å². The summed E-state index contributed by atoms with van der Waals surface area (Å²) in [6.07, 6.45) is 4.63. The minimum absolute atomic E-state index is 0.182. The zero-order valence-corrected chi connectivity index (χ0v) is 15.7. The van der Waals surface area contributed by atoms with E-state index in [-0.39, 0.29) is 10.8 Å². The van der Waals surface area contributed by atoms with Gasteiger partial charge < -0.3 is 9.47 Å². The Hall–Kier alpha value is -3.09. The number of rotatable bonds is 7. The van der Waals surface area contributed by atoms with E-state index in [1.165, 1.54) is 10.6 Å². The van der Waals surface area contributed by atoms with Crippen LogP contribution in [0.4, 0.5) is 19.0 Å². The number of hydrogen-bond donors (Lipinski definition) is 1. The lowest BCUT2D eigenvalue weighted by Crippen LogP contribution is -2.17. The van der Waals surface area contributed by atoms with Crippen LogP contribution in [0, 0.1) is 5.82 Å². The lowest BCUT2D eigenvalue weighted by atomic mass is 10.3. The first-order valence-corrected chi connectivity index (χ1v) is 9.83. The maximum Gasteiger partial charge on any atom is 0.387 e. The van der Waals surface area contributed by atoms with E-state index in [1.807, 2.05) is 4.72 Å². The molecule has 0 atom stereocenters. The molecule has 1 saturated carbocycles. The molecule has 3 aromatic rings. The van der Waals surface area contributed by atoms with Crippen molar-refractivity contribution < 1.29 is 31.1 Å². The highest BCUT2D eigenvalue weighted by atomic mass is 32.2. The molecule has 154 valence electrons. The molecule has 0 radical (unpaired) electrons. The molecular formula is C16H14F3N5O4S. The summed E-state index contributed by atoms with van der Waals surface area (Å²) < 4.78 is 76.6. The number of nitrogens with one attached hydrogen (secondary N) is 1. The second-order valence-corrected chi connectivity index (χ2v) is 7.83. The van der Waals surface area contributed by atoms with Crippen molar-refractivity contribution in [2.24, 2.45) is 0 Å². The van der Waals surface area contributed by atoms with Gasteiger partial charge in [0.15, 0.2) is 22.4 Å². The van der Waals surface area contributed by atoms with Crippen LogP contribution in [-0.2, 0) is 10.0 Å². The number of aromatic nitrogens is 4. The number of sulfonamides is 1. The molecule has 1 fully saturated rings. The number of ether oxygens (including phenoxy) is 2. The molecule has 1 N–H and O–H groups in total. The highest BCUT2D eigenvalue weighted by Crippen LogP contribution is 2.39. The fourth-order valence-corrected chi connectivity index (χ4v) is 3.80. The molecule has 4 rings (SSSR count). The minimum Gasteiger partial charge on any atom is -0.478 e. The average Bonchev–Trinajstić information content (AvgIpc) is 3.41. The van der Waals surface area contributed by atoms with Gasteiger partial charge in [0.2, 0.25) is 5.78 Å². The Labute approximate surface area is 162 Å². The predicted molar refractivity (Wildman–Crippen MR) is 93.1 cm³/mol. The number of hydrogen-bond acceptors (Lipinski definition) is 7. The predicted octanol–water partition coefficient (Wildman–Crippen LogP) is 2.55. The van der Waals surface area contributed by atoms with Crippen molar-refractivity contribution in [2.45, 2.75) is 30.4 Å². The normalized spacial score (nSPS) is 14.4. The van der Waals surface area contributed by atoms with Gasteiger partial charge in [-0.1, -0.05) is 0 Å². The molecule has 3 aromatic heterocycles. The molecule has 0 saturated heterocycles. The van der Waals surface area contributed by atoms with Gasteiger partial charge in [-0.2, -0.15) is 22.2 Å². The van der Waals surface area contributed by atoms with Crippen LogP contribution in [0.1, 0.15) is 24.5 Å². The van der Waals surface area contributed by atoms with E-state index in [0.717, 1.165) is 31.8 Å². The fraction of sp³-hybridized carbons (Fsp3) is 0.312. The van der Waals surface area contributed by atoms with E-state index in [2.05, 4.69) is 19.7 Å². The van der Waals surface area contributed by atoms with Gasteiger partial charge in [-0.3, -0.25) is 9.12 Å². The lowest BCUT2D eigenvalue weighted by molar-refractivity contribution is -0.0517. The highest BCUT2D eigenvalue weighted by molar-refractivity contribution is 7.92. The summed E-state index contributed by atoms with van der Waals surface area (Å²) in [6, 6.07) is 2.25. The van der Waals surface area contributed by atoms with E-state index in [1.54, 1.807) is 6.07 Å². The summed E-state index contributed by atoms with van der Waals surface area (Å²) in [5, 5.41) is -0.296. The summed E-state index contributed by atoms with van der Waals surface area (Å²) in [5.74, 6) is -2.63. The molecule has 9 nitrogen and oxygen atoms in total. The summed E-state index contributed by atoms with van der Waals surface area (Å²) in [4.78, 5) is 11.9. The summed E-state index contributed by atoms with van der Waals surface area (Å²) in [6.45, 7) is -3.24. The van der Waals surface area contributed by atoms with E-state index in [4.69, 9.17) is 4.74 Å². The monoisotopic (exact) mass is 429 g/mol. The third-order valence-electron chi connectivity index (χ3n) is 4.19. The molecule has 0 aromatic carbocycles. The number of imidazole rings is 1. The fourth-order valence-electron chi connectivity index (χ4n) is 2.70.